The molecule has 3 rings (SSSR count). The summed E-state index contributed by atoms with van der Waals surface area (Å²) in [5.74, 6) is 1.34. The Kier molecular flexibility index (Phi) is 5.71. The fourth-order valence-corrected chi connectivity index (χ4v) is 4.79. The molecule has 1 aromatic rings. The summed E-state index contributed by atoms with van der Waals surface area (Å²) in [6.07, 6.45) is 14.2. The molecule has 0 radical (unpaired) electrons. The van der Waals surface area contributed by atoms with Crippen LogP contribution in [0.25, 0.3) is 0 Å². The van der Waals surface area contributed by atoms with Crippen LogP contribution >= 0.6 is 0 Å². The van der Waals surface area contributed by atoms with Crippen molar-refractivity contribution >= 4 is 0 Å². The first kappa shape index (κ1) is 16.9. The van der Waals surface area contributed by atoms with Crippen LogP contribution in [0.1, 0.15) is 75.3 Å². The summed E-state index contributed by atoms with van der Waals surface area (Å²) in [4.78, 5) is 0. The lowest BCUT2D eigenvalue weighted by atomic mass is 9.70. The van der Waals surface area contributed by atoms with E-state index < -0.39 is 11.6 Å². The Labute approximate surface area is 139 Å². The number of aryl methyl sites for hydroxylation is 2. The Morgan fingerprint density at radius 2 is 1.48 bits per heavy atom. The zero-order valence-corrected chi connectivity index (χ0v) is 14.4. The summed E-state index contributed by atoms with van der Waals surface area (Å²) >= 11 is 0. The van der Waals surface area contributed by atoms with Crippen LogP contribution in [0.15, 0.2) is 12.1 Å². The van der Waals surface area contributed by atoms with Crippen molar-refractivity contribution in [2.45, 2.75) is 77.6 Å². The van der Waals surface area contributed by atoms with Gasteiger partial charge in [0.15, 0.2) is 11.6 Å². The van der Waals surface area contributed by atoms with E-state index in [9.17, 15) is 8.78 Å². The third-order valence-corrected chi connectivity index (χ3v) is 6.39. The molecule has 0 saturated heterocycles. The second kappa shape index (κ2) is 7.77. The van der Waals surface area contributed by atoms with E-state index in [2.05, 4.69) is 0 Å². The van der Waals surface area contributed by atoms with Gasteiger partial charge in [-0.1, -0.05) is 57.1 Å². The van der Waals surface area contributed by atoms with Gasteiger partial charge in [-0.05, 0) is 61.5 Å². The predicted octanol–water partition coefficient (Wildman–Crippen LogP) is 6.59. The minimum absolute atomic E-state index is 0.402. The molecule has 0 nitrogen and oxygen atoms in total. The van der Waals surface area contributed by atoms with Gasteiger partial charge in [-0.15, -0.1) is 0 Å². The molecule has 128 valence electrons. The lowest BCUT2D eigenvalue weighted by Crippen LogP contribution is -2.23. The largest absolute Gasteiger partial charge is 0.203 e. The summed E-state index contributed by atoms with van der Waals surface area (Å²) < 4.78 is 27.6. The van der Waals surface area contributed by atoms with Crippen LogP contribution in [0.4, 0.5) is 8.78 Å². The van der Waals surface area contributed by atoms with Gasteiger partial charge in [0.1, 0.15) is 0 Å². The minimum atomic E-state index is -0.663. The molecule has 0 atom stereocenters. The van der Waals surface area contributed by atoms with Crippen LogP contribution in [0.2, 0.25) is 0 Å². The van der Waals surface area contributed by atoms with E-state index in [1.807, 2.05) is 0 Å². The van der Waals surface area contributed by atoms with Crippen molar-refractivity contribution in [2.75, 3.05) is 0 Å². The first-order valence-corrected chi connectivity index (χ1v) is 9.58. The van der Waals surface area contributed by atoms with Crippen LogP contribution in [-0.2, 0) is 6.42 Å². The Balaban J connectivity index is 1.47. The van der Waals surface area contributed by atoms with Crippen LogP contribution in [0.3, 0.4) is 0 Å². The highest BCUT2D eigenvalue weighted by atomic mass is 19.2. The molecular weight excluding hydrogens is 290 g/mol. The van der Waals surface area contributed by atoms with Crippen molar-refractivity contribution in [3.8, 4) is 0 Å². The van der Waals surface area contributed by atoms with Gasteiger partial charge in [0.25, 0.3) is 0 Å². The van der Waals surface area contributed by atoms with E-state index in [-0.39, 0.29) is 0 Å². The second-order valence-electron chi connectivity index (χ2n) is 7.89. The summed E-state index contributed by atoms with van der Waals surface area (Å²) in [5.41, 5.74) is 0.960. The maximum Gasteiger partial charge on any atom is 0.162 e. The van der Waals surface area contributed by atoms with E-state index in [0.29, 0.717) is 23.5 Å². The Morgan fingerprint density at radius 1 is 0.826 bits per heavy atom. The van der Waals surface area contributed by atoms with Gasteiger partial charge >= 0.3 is 0 Å². The molecular formula is C21H30F2. The molecule has 2 aliphatic rings. The third-order valence-electron chi connectivity index (χ3n) is 6.39. The summed E-state index contributed by atoms with van der Waals surface area (Å²) in [5, 5.41) is 0. The van der Waals surface area contributed by atoms with Gasteiger partial charge in [0, 0.05) is 0 Å². The average molecular weight is 320 g/mol. The smallest absolute Gasteiger partial charge is 0.162 e. The van der Waals surface area contributed by atoms with Gasteiger partial charge < -0.3 is 0 Å². The standard InChI is InChI=1S/C21H30F2/c1-15-7-11-19(21(23)20(15)22)14-10-16-8-12-18(13-9-16)17-5-3-2-4-6-17/h7,11,16-18H,2-6,8-10,12-14H2,1H3. The molecule has 2 aliphatic carbocycles. The monoisotopic (exact) mass is 320 g/mol. The molecule has 23 heavy (non-hydrogen) atoms. The zero-order chi connectivity index (χ0) is 16.2. The minimum Gasteiger partial charge on any atom is -0.203 e. The normalized spacial score (nSPS) is 26.4. The van der Waals surface area contributed by atoms with Crippen molar-refractivity contribution in [1.82, 2.24) is 0 Å². The molecule has 2 heteroatoms. The Hall–Kier alpha value is -0.920. The quantitative estimate of drug-likeness (QED) is 0.587. The van der Waals surface area contributed by atoms with Gasteiger partial charge in [-0.2, -0.15) is 0 Å². The highest BCUT2D eigenvalue weighted by molar-refractivity contribution is 5.25. The van der Waals surface area contributed by atoms with Crippen LogP contribution in [0, 0.1) is 36.3 Å². The van der Waals surface area contributed by atoms with Gasteiger partial charge in [-0.25, -0.2) is 8.78 Å². The zero-order valence-electron chi connectivity index (χ0n) is 14.4. The second-order valence-corrected chi connectivity index (χ2v) is 7.89. The summed E-state index contributed by atoms with van der Waals surface area (Å²) in [6.45, 7) is 1.62. The first-order chi connectivity index (χ1) is 11.1. The molecule has 0 N–H and O–H groups in total. The van der Waals surface area contributed by atoms with E-state index in [1.165, 1.54) is 57.8 Å². The van der Waals surface area contributed by atoms with E-state index in [1.54, 1.807) is 19.1 Å². The van der Waals surface area contributed by atoms with Gasteiger partial charge in [0.2, 0.25) is 0 Å². The molecule has 0 amide bonds. The van der Waals surface area contributed by atoms with Crippen molar-refractivity contribution in [3.63, 3.8) is 0 Å². The molecule has 2 saturated carbocycles. The van der Waals surface area contributed by atoms with Crippen LogP contribution < -0.4 is 0 Å². The van der Waals surface area contributed by atoms with Gasteiger partial charge in [0.05, 0.1) is 0 Å². The van der Waals surface area contributed by atoms with Gasteiger partial charge in [-0.3, -0.25) is 0 Å². The molecule has 0 bridgehead atoms. The number of hydrogen-bond acceptors (Lipinski definition) is 0. The summed E-state index contributed by atoms with van der Waals surface area (Å²) in [7, 11) is 0. The fraction of sp³-hybridized carbons (Fsp3) is 0.714. The topological polar surface area (TPSA) is 0 Å². The molecule has 1 aromatic carbocycles. The highest BCUT2D eigenvalue weighted by Crippen LogP contribution is 2.41. The molecule has 0 unspecified atom stereocenters. The SMILES string of the molecule is Cc1ccc(CCC2CCC(C3CCCCC3)CC2)c(F)c1F. The maximum absolute atomic E-state index is 13.9. The van der Waals surface area contributed by atoms with E-state index in [0.717, 1.165) is 18.3 Å². The average Bonchev–Trinajstić information content (AvgIpc) is 2.60. The molecule has 0 aliphatic heterocycles. The number of halogens is 2. The number of hydrogen-bond donors (Lipinski definition) is 0. The van der Waals surface area contributed by atoms with Crippen LogP contribution in [0.5, 0.6) is 0 Å². The first-order valence-electron chi connectivity index (χ1n) is 9.58. The Bertz CT molecular complexity index is 509. The van der Waals surface area contributed by atoms with Crippen molar-refractivity contribution < 1.29 is 8.78 Å². The van der Waals surface area contributed by atoms with Crippen molar-refractivity contribution in [1.29, 1.82) is 0 Å². The summed E-state index contributed by atoms with van der Waals surface area (Å²) in [6, 6.07) is 3.47. The van der Waals surface area contributed by atoms with Crippen molar-refractivity contribution in [2.24, 2.45) is 17.8 Å². The molecule has 0 heterocycles. The maximum atomic E-state index is 13.9. The third kappa shape index (κ3) is 4.14. The number of rotatable bonds is 4. The molecule has 0 spiro atoms. The molecule has 0 aromatic heterocycles. The predicted molar refractivity (Wildman–Crippen MR) is 91.4 cm³/mol. The lowest BCUT2D eigenvalue weighted by Gasteiger charge is -2.36. The van der Waals surface area contributed by atoms with Crippen LogP contribution in [-0.4, -0.2) is 0 Å². The van der Waals surface area contributed by atoms with E-state index in [4.69, 9.17) is 0 Å². The van der Waals surface area contributed by atoms with Crippen molar-refractivity contribution in [3.05, 3.63) is 34.9 Å². The lowest BCUT2D eigenvalue weighted by molar-refractivity contribution is 0.163. The fourth-order valence-electron chi connectivity index (χ4n) is 4.79. The molecule has 2 fully saturated rings. The Morgan fingerprint density at radius 3 is 2.17 bits per heavy atom. The van der Waals surface area contributed by atoms with E-state index >= 15 is 0 Å². The highest BCUT2D eigenvalue weighted by Gasteiger charge is 2.28. The number of benzene rings is 1.